The maximum Gasteiger partial charge on any atom is 0.0376 e. The van der Waals surface area contributed by atoms with Crippen LogP contribution in [0, 0.1) is 0 Å². The van der Waals surface area contributed by atoms with Crippen LogP contribution in [-0.4, -0.2) is 49.1 Å². The first-order valence-corrected chi connectivity index (χ1v) is 3.69. The van der Waals surface area contributed by atoms with Gasteiger partial charge in [-0.25, -0.2) is 0 Å². The summed E-state index contributed by atoms with van der Waals surface area (Å²) >= 11 is 0. The van der Waals surface area contributed by atoms with Crippen molar-refractivity contribution in [3.63, 3.8) is 0 Å². The van der Waals surface area contributed by atoms with E-state index in [0.29, 0.717) is 0 Å². The van der Waals surface area contributed by atoms with E-state index in [-0.39, 0.29) is 0 Å². The van der Waals surface area contributed by atoms with Gasteiger partial charge in [-0.05, 0) is 27.1 Å². The Labute approximate surface area is 56.4 Å². The molecular weight excluding hydrogens is 112 g/mol. The summed E-state index contributed by atoms with van der Waals surface area (Å²) in [7, 11) is 4.43. The minimum atomic E-state index is 0.898. The number of likely N-dealkylation sites (tertiary alicyclic amines) is 1. The topological polar surface area (TPSA) is 6.25 Å². The normalized spacial score (nSPS) is 50.7. The number of rotatable bonds is 1. The van der Waals surface area contributed by atoms with Crippen LogP contribution in [0.25, 0.3) is 0 Å². The highest BCUT2D eigenvalue weighted by Gasteiger charge is 2.42. The van der Waals surface area contributed by atoms with Crippen LogP contribution in [0.3, 0.4) is 0 Å². The smallest absolute Gasteiger partial charge is 0.0376 e. The third kappa shape index (κ3) is 0.775. The van der Waals surface area contributed by atoms with Crippen LogP contribution in [0.1, 0.15) is 6.42 Å². The fraction of sp³-hybridized carbons (Fsp3) is 1.00. The van der Waals surface area contributed by atoms with E-state index in [4.69, 9.17) is 0 Å². The quantitative estimate of drug-likeness (QED) is 0.456. The molecule has 0 radical (unpaired) electrons. The molecule has 0 aromatic heterocycles. The van der Waals surface area contributed by atoms with E-state index in [0.717, 1.165) is 12.1 Å². The molecule has 2 heterocycles. The molecule has 2 rings (SSSR count). The number of nitrogens with zero attached hydrogens (tertiary/aromatic N) is 2. The Morgan fingerprint density at radius 2 is 1.78 bits per heavy atom. The Morgan fingerprint density at radius 1 is 1.11 bits per heavy atom. The molecule has 0 aromatic carbocycles. The highest BCUT2D eigenvalue weighted by atomic mass is 15.4. The van der Waals surface area contributed by atoms with E-state index in [2.05, 4.69) is 23.9 Å². The average molecular weight is 126 g/mol. The second-order valence-electron chi connectivity index (χ2n) is 3.34. The van der Waals surface area contributed by atoms with Gasteiger partial charge in [-0.2, -0.15) is 0 Å². The predicted octanol–water partition coefficient (Wildman–Crippen LogP) is 0.00450. The Morgan fingerprint density at radius 3 is 1.89 bits per heavy atom. The molecule has 2 aliphatic rings. The Hall–Kier alpha value is -0.0800. The molecule has 0 N–H and O–H groups in total. The van der Waals surface area contributed by atoms with Crippen molar-refractivity contribution >= 4 is 0 Å². The lowest BCUT2D eigenvalue weighted by Gasteiger charge is -2.37. The van der Waals surface area contributed by atoms with Crippen molar-refractivity contribution < 1.29 is 0 Å². The first-order chi connectivity index (χ1) is 4.29. The highest BCUT2D eigenvalue weighted by molar-refractivity contribution is 5.01. The minimum Gasteiger partial charge on any atom is -0.302 e. The van der Waals surface area contributed by atoms with Crippen molar-refractivity contribution in [2.45, 2.75) is 18.5 Å². The third-order valence-electron chi connectivity index (χ3n) is 2.70. The first kappa shape index (κ1) is 5.69. The summed E-state index contributed by atoms with van der Waals surface area (Å²) in [6.45, 7) is 2.64. The Kier molecular flexibility index (Phi) is 1.08. The van der Waals surface area contributed by atoms with Gasteiger partial charge in [0.1, 0.15) is 0 Å². The van der Waals surface area contributed by atoms with E-state index in [1.54, 1.807) is 0 Å². The van der Waals surface area contributed by atoms with Crippen molar-refractivity contribution in [1.82, 2.24) is 9.80 Å². The first-order valence-electron chi connectivity index (χ1n) is 3.69. The molecule has 2 saturated heterocycles. The number of hydrogen-bond donors (Lipinski definition) is 0. The molecule has 3 atom stereocenters. The molecule has 2 nitrogen and oxygen atoms in total. The van der Waals surface area contributed by atoms with Crippen molar-refractivity contribution in [1.29, 1.82) is 0 Å². The fourth-order valence-electron chi connectivity index (χ4n) is 1.69. The molecular formula is C7H14N2. The molecule has 52 valence electrons. The molecule has 2 heteroatoms. The van der Waals surface area contributed by atoms with Gasteiger partial charge in [0.2, 0.25) is 0 Å². The average Bonchev–Trinajstić information content (AvgIpc) is 2.44. The predicted molar refractivity (Wildman–Crippen MR) is 37.5 cm³/mol. The van der Waals surface area contributed by atoms with E-state index in [9.17, 15) is 0 Å². The van der Waals surface area contributed by atoms with E-state index < -0.39 is 0 Å². The van der Waals surface area contributed by atoms with Crippen molar-refractivity contribution in [2.24, 2.45) is 0 Å². The SMILES string of the molecule is CN1CCC1C1CN1C. The zero-order valence-corrected chi connectivity index (χ0v) is 6.17. The Balaban J connectivity index is 1.86. The van der Waals surface area contributed by atoms with E-state index in [1.165, 1.54) is 19.5 Å². The monoisotopic (exact) mass is 126 g/mol. The zero-order chi connectivity index (χ0) is 6.43. The molecule has 0 spiro atoms. The summed E-state index contributed by atoms with van der Waals surface area (Å²) in [4.78, 5) is 4.87. The summed E-state index contributed by atoms with van der Waals surface area (Å²) in [6, 6.07) is 1.80. The minimum absolute atomic E-state index is 0.898. The largest absolute Gasteiger partial charge is 0.302 e. The summed E-state index contributed by atoms with van der Waals surface area (Å²) < 4.78 is 0. The standard InChI is InChI=1S/C7H14N2/c1-8-4-3-6(8)7-5-9(7)2/h6-7H,3-5H2,1-2H3. The van der Waals surface area contributed by atoms with Crippen molar-refractivity contribution in [3.05, 3.63) is 0 Å². The molecule has 2 aliphatic heterocycles. The van der Waals surface area contributed by atoms with Crippen LogP contribution in [0.15, 0.2) is 0 Å². The number of hydrogen-bond acceptors (Lipinski definition) is 2. The van der Waals surface area contributed by atoms with Gasteiger partial charge in [-0.15, -0.1) is 0 Å². The van der Waals surface area contributed by atoms with Gasteiger partial charge >= 0.3 is 0 Å². The zero-order valence-electron chi connectivity index (χ0n) is 6.17. The van der Waals surface area contributed by atoms with Gasteiger partial charge in [-0.3, -0.25) is 4.90 Å². The lowest BCUT2D eigenvalue weighted by molar-refractivity contribution is 0.115. The molecule has 2 fully saturated rings. The van der Waals surface area contributed by atoms with Crippen molar-refractivity contribution in [3.8, 4) is 0 Å². The van der Waals surface area contributed by atoms with Crippen LogP contribution in [0.4, 0.5) is 0 Å². The molecule has 0 aliphatic carbocycles. The lowest BCUT2D eigenvalue weighted by Crippen LogP contribution is -2.48. The Bertz CT molecular complexity index is 124. The molecule has 3 unspecified atom stereocenters. The van der Waals surface area contributed by atoms with Crippen LogP contribution < -0.4 is 0 Å². The third-order valence-corrected chi connectivity index (χ3v) is 2.70. The maximum absolute atomic E-state index is 2.45. The maximum atomic E-state index is 2.45. The summed E-state index contributed by atoms with van der Waals surface area (Å²) in [5, 5.41) is 0. The van der Waals surface area contributed by atoms with Crippen LogP contribution >= 0.6 is 0 Å². The van der Waals surface area contributed by atoms with Crippen LogP contribution in [0.2, 0.25) is 0 Å². The van der Waals surface area contributed by atoms with E-state index in [1.807, 2.05) is 0 Å². The summed E-state index contributed by atoms with van der Waals surface area (Å²) in [6.07, 6.45) is 1.42. The molecule has 0 saturated carbocycles. The summed E-state index contributed by atoms with van der Waals surface area (Å²) in [5.74, 6) is 0. The van der Waals surface area contributed by atoms with Crippen LogP contribution in [-0.2, 0) is 0 Å². The van der Waals surface area contributed by atoms with Gasteiger partial charge in [0.05, 0.1) is 0 Å². The molecule has 9 heavy (non-hydrogen) atoms. The lowest BCUT2D eigenvalue weighted by atomic mass is 10.0. The second-order valence-corrected chi connectivity index (χ2v) is 3.34. The van der Waals surface area contributed by atoms with Gasteiger partial charge in [0.15, 0.2) is 0 Å². The van der Waals surface area contributed by atoms with Gasteiger partial charge in [-0.1, -0.05) is 0 Å². The van der Waals surface area contributed by atoms with Gasteiger partial charge in [0.25, 0.3) is 0 Å². The van der Waals surface area contributed by atoms with Gasteiger partial charge in [0, 0.05) is 18.6 Å². The number of likely N-dealkylation sites (N-methyl/N-ethyl adjacent to an activating group) is 2. The fourth-order valence-corrected chi connectivity index (χ4v) is 1.69. The van der Waals surface area contributed by atoms with Crippen molar-refractivity contribution in [2.75, 3.05) is 27.2 Å². The van der Waals surface area contributed by atoms with Gasteiger partial charge < -0.3 is 4.90 Å². The van der Waals surface area contributed by atoms with E-state index >= 15 is 0 Å². The molecule has 0 aromatic rings. The van der Waals surface area contributed by atoms with Crippen LogP contribution in [0.5, 0.6) is 0 Å². The highest BCUT2D eigenvalue weighted by Crippen LogP contribution is 2.28. The molecule has 0 amide bonds. The molecule has 0 bridgehead atoms. The summed E-state index contributed by atoms with van der Waals surface area (Å²) in [5.41, 5.74) is 0. The second kappa shape index (κ2) is 1.70.